The van der Waals surface area contributed by atoms with Gasteiger partial charge >= 0.3 is 42.3 Å². The molecule has 10 nitrogen and oxygen atoms in total. The van der Waals surface area contributed by atoms with Crippen LogP contribution in [0.25, 0.3) is 11.0 Å². The molecule has 1 unspecified atom stereocenters. The van der Waals surface area contributed by atoms with Crippen LogP contribution in [0.2, 0.25) is 0 Å². The number of carbonyl (C=O) groups is 3. The molecule has 1 aliphatic heterocycles. The van der Waals surface area contributed by atoms with Gasteiger partial charge in [-0.1, -0.05) is 11.8 Å². The van der Waals surface area contributed by atoms with E-state index < -0.39 is 85.6 Å². The van der Waals surface area contributed by atoms with Crippen molar-refractivity contribution in [2.75, 3.05) is 25.4 Å². The fourth-order valence-electron chi connectivity index (χ4n) is 3.28. The molecule has 1 aliphatic rings. The van der Waals surface area contributed by atoms with Gasteiger partial charge < -0.3 is 19.2 Å². The molecule has 0 bridgehead atoms. The van der Waals surface area contributed by atoms with E-state index in [0.29, 0.717) is 17.8 Å². The molecule has 0 amide bonds. The van der Waals surface area contributed by atoms with Crippen molar-refractivity contribution < 1.29 is 76.9 Å². The number of fused-ring (bicyclic) bond motifs is 1. The van der Waals surface area contributed by atoms with E-state index in [1.807, 2.05) is 5.32 Å². The van der Waals surface area contributed by atoms with Crippen LogP contribution in [-0.4, -0.2) is 88.8 Å². The number of hydrogen-bond acceptors (Lipinski definition) is 10. The highest BCUT2D eigenvalue weighted by molar-refractivity contribution is 7.99. The molecule has 1 aromatic carbocycles. The van der Waals surface area contributed by atoms with Gasteiger partial charge in [-0.05, 0) is 0 Å². The zero-order valence-electron chi connectivity index (χ0n) is 19.5. The molecule has 41 heavy (non-hydrogen) atoms. The standard InChI is InChI=1S/C19H13F11N4O6S/c20-7-5-9-10(6-8(7)21)33-15(32-9)41-4-3-34-2-1-31-11(38-12(35)16(22,23)24)19(34,39-13(36)17(25,26)27)40-14(37)18(28,29)30/h5-6,11,31H,1-4H2,(H,32,33). The number of rotatable bonds is 7. The number of carbonyl (C=O) groups excluding carboxylic acids is 3. The van der Waals surface area contributed by atoms with Gasteiger partial charge in [0.05, 0.1) is 11.0 Å². The number of thioether (sulfide) groups is 1. The second-order valence-corrected chi connectivity index (χ2v) is 8.89. The van der Waals surface area contributed by atoms with Gasteiger partial charge in [0.2, 0.25) is 6.23 Å². The number of aromatic nitrogens is 2. The zero-order valence-corrected chi connectivity index (χ0v) is 20.3. The van der Waals surface area contributed by atoms with Gasteiger partial charge in [-0.2, -0.15) is 39.5 Å². The third-order valence-electron chi connectivity index (χ3n) is 4.98. The number of nitrogens with zero attached hydrogens (tertiary/aromatic N) is 2. The van der Waals surface area contributed by atoms with Crippen molar-refractivity contribution in [2.45, 2.75) is 35.8 Å². The smallest absolute Gasteiger partial charge is 0.430 e. The van der Waals surface area contributed by atoms with Gasteiger partial charge in [0.25, 0.3) is 0 Å². The Bertz CT molecular complexity index is 1250. The van der Waals surface area contributed by atoms with Gasteiger partial charge in [-0.3, -0.25) is 5.32 Å². The van der Waals surface area contributed by atoms with Crippen molar-refractivity contribution >= 4 is 40.7 Å². The van der Waals surface area contributed by atoms with E-state index in [0.717, 1.165) is 6.07 Å². The van der Waals surface area contributed by atoms with E-state index in [4.69, 9.17) is 0 Å². The number of imidazole rings is 1. The van der Waals surface area contributed by atoms with Crippen LogP contribution in [-0.2, 0) is 28.6 Å². The summed E-state index contributed by atoms with van der Waals surface area (Å²) < 4.78 is 156. The van der Waals surface area contributed by atoms with E-state index >= 15 is 0 Å². The van der Waals surface area contributed by atoms with Crippen LogP contribution in [0, 0.1) is 11.6 Å². The van der Waals surface area contributed by atoms with E-state index in [-0.39, 0.29) is 21.1 Å². The minimum atomic E-state index is -5.98. The number of esters is 3. The third-order valence-corrected chi connectivity index (χ3v) is 5.84. The van der Waals surface area contributed by atoms with E-state index in [2.05, 4.69) is 24.2 Å². The minimum Gasteiger partial charge on any atom is -0.430 e. The summed E-state index contributed by atoms with van der Waals surface area (Å²) in [5.41, 5.74) is -0.0967. The Kier molecular flexibility index (Phi) is 8.98. The highest BCUT2D eigenvalue weighted by Crippen LogP contribution is 2.35. The van der Waals surface area contributed by atoms with Crippen molar-refractivity contribution in [3.63, 3.8) is 0 Å². The van der Waals surface area contributed by atoms with Gasteiger partial charge in [0, 0.05) is 37.5 Å². The lowest BCUT2D eigenvalue weighted by atomic mass is 10.2. The topological polar surface area (TPSA) is 123 Å². The Labute approximate surface area is 223 Å². The van der Waals surface area contributed by atoms with Crippen LogP contribution in [0.5, 0.6) is 0 Å². The number of ether oxygens (including phenoxy) is 3. The van der Waals surface area contributed by atoms with Crippen LogP contribution in [0.1, 0.15) is 0 Å². The van der Waals surface area contributed by atoms with Gasteiger partial charge in [0.1, 0.15) is 0 Å². The first-order valence-corrected chi connectivity index (χ1v) is 11.6. The first-order valence-electron chi connectivity index (χ1n) is 10.6. The number of halogens is 11. The second-order valence-electron chi connectivity index (χ2n) is 7.80. The molecule has 1 fully saturated rings. The predicted molar refractivity (Wildman–Crippen MR) is 109 cm³/mol. The molecule has 2 heterocycles. The Morgan fingerprint density at radius 3 is 2.00 bits per heavy atom. The van der Waals surface area contributed by atoms with Crippen LogP contribution >= 0.6 is 11.8 Å². The number of benzene rings is 1. The van der Waals surface area contributed by atoms with Crippen LogP contribution in [0.4, 0.5) is 48.3 Å². The lowest BCUT2D eigenvalue weighted by molar-refractivity contribution is -0.359. The number of H-pyrrole nitrogens is 1. The molecule has 0 radical (unpaired) electrons. The van der Waals surface area contributed by atoms with Crippen LogP contribution in [0.15, 0.2) is 17.3 Å². The fourth-order valence-corrected chi connectivity index (χ4v) is 4.13. The SMILES string of the molecule is O=C(OC1NCCN(CCSc2nc3cc(F)c(F)cc3[nH]2)C1(OC(=O)C(F)(F)F)OC(=O)C(F)(F)F)C(F)(F)F. The number of alkyl halides is 9. The molecule has 228 valence electrons. The highest BCUT2D eigenvalue weighted by atomic mass is 32.2. The van der Waals surface area contributed by atoms with E-state index in [1.54, 1.807) is 0 Å². The lowest BCUT2D eigenvalue weighted by Crippen LogP contribution is -2.73. The zero-order chi connectivity index (χ0) is 31.0. The number of nitrogens with one attached hydrogen (secondary N) is 2. The molecule has 1 saturated heterocycles. The molecular formula is C19H13F11N4O6S. The Morgan fingerprint density at radius 1 is 0.927 bits per heavy atom. The quantitative estimate of drug-likeness (QED) is 0.203. The molecule has 2 N–H and O–H groups in total. The summed E-state index contributed by atoms with van der Waals surface area (Å²) in [6.07, 6.45) is -20.8. The first-order chi connectivity index (χ1) is 18.7. The normalized spacial score (nSPS) is 18.3. The third kappa shape index (κ3) is 7.47. The maximum Gasteiger partial charge on any atom is 0.491 e. The van der Waals surface area contributed by atoms with Crippen molar-refractivity contribution in [3.8, 4) is 0 Å². The molecule has 2 aromatic rings. The molecular weight excluding hydrogens is 621 g/mol. The summed E-state index contributed by atoms with van der Waals surface area (Å²) in [5.74, 6) is -16.8. The Balaban J connectivity index is 1.97. The summed E-state index contributed by atoms with van der Waals surface area (Å²) >= 11 is 0.634. The second kappa shape index (κ2) is 11.5. The minimum absolute atomic E-state index is 0.0136. The summed E-state index contributed by atoms with van der Waals surface area (Å²) in [7, 11) is 0. The Hall–Kier alpha value is -3.40. The van der Waals surface area contributed by atoms with Gasteiger partial charge in [0.15, 0.2) is 16.8 Å². The average molecular weight is 634 g/mol. The number of hydrogen-bond donors (Lipinski definition) is 2. The number of piperazine rings is 1. The number of aromatic amines is 1. The molecule has 1 atom stereocenters. The van der Waals surface area contributed by atoms with E-state index in [9.17, 15) is 62.7 Å². The predicted octanol–water partition coefficient (Wildman–Crippen LogP) is 3.13. The van der Waals surface area contributed by atoms with Crippen LogP contribution in [0.3, 0.4) is 0 Å². The lowest BCUT2D eigenvalue weighted by Gasteiger charge is -2.47. The average Bonchev–Trinajstić information content (AvgIpc) is 3.20. The first kappa shape index (κ1) is 32.1. The fraction of sp³-hybridized carbons (Fsp3) is 0.474. The van der Waals surface area contributed by atoms with Gasteiger partial charge in [-0.25, -0.2) is 33.0 Å². The summed E-state index contributed by atoms with van der Waals surface area (Å²) in [4.78, 5) is 41.5. The maximum absolute atomic E-state index is 13.4. The molecule has 1 aromatic heterocycles. The summed E-state index contributed by atoms with van der Waals surface area (Å²) in [5, 5.41) is 1.73. The van der Waals surface area contributed by atoms with Gasteiger partial charge in [-0.15, -0.1) is 0 Å². The summed E-state index contributed by atoms with van der Waals surface area (Å²) in [6.45, 7) is -2.16. The van der Waals surface area contributed by atoms with Crippen molar-refractivity contribution in [3.05, 3.63) is 23.8 Å². The molecule has 22 heteroatoms. The monoisotopic (exact) mass is 634 g/mol. The molecule has 0 aliphatic carbocycles. The van der Waals surface area contributed by atoms with E-state index in [1.165, 1.54) is 0 Å². The van der Waals surface area contributed by atoms with Crippen LogP contribution < -0.4 is 5.32 Å². The van der Waals surface area contributed by atoms with Crippen molar-refractivity contribution in [1.29, 1.82) is 0 Å². The Morgan fingerprint density at radius 2 is 1.46 bits per heavy atom. The summed E-state index contributed by atoms with van der Waals surface area (Å²) in [6, 6.07) is 1.44. The molecule has 0 spiro atoms. The van der Waals surface area contributed by atoms with Crippen molar-refractivity contribution in [1.82, 2.24) is 20.2 Å². The molecule has 0 saturated carbocycles. The van der Waals surface area contributed by atoms with Crippen molar-refractivity contribution in [2.24, 2.45) is 0 Å². The largest absolute Gasteiger partial charge is 0.491 e. The maximum atomic E-state index is 13.4. The highest BCUT2D eigenvalue weighted by Gasteiger charge is 2.63. The molecule has 3 rings (SSSR count).